The van der Waals surface area contributed by atoms with Crippen LogP contribution in [0.15, 0.2) is 91.0 Å². The van der Waals surface area contributed by atoms with Crippen LogP contribution in [-0.4, -0.2) is 17.9 Å². The van der Waals surface area contributed by atoms with E-state index in [0.717, 1.165) is 16.7 Å². The van der Waals surface area contributed by atoms with Gasteiger partial charge >= 0.3 is 0 Å². The third kappa shape index (κ3) is 4.49. The van der Waals surface area contributed by atoms with Crippen LogP contribution < -0.4 is 11.1 Å². The lowest BCUT2D eigenvalue weighted by atomic mass is 9.68. The van der Waals surface area contributed by atoms with Crippen LogP contribution in [0.3, 0.4) is 0 Å². The summed E-state index contributed by atoms with van der Waals surface area (Å²) in [5, 5.41) is 12.0. The van der Waals surface area contributed by atoms with E-state index < -0.39 is 23.3 Å². The Morgan fingerprint density at radius 3 is 1.58 bits per heavy atom. The molecule has 0 aromatic heterocycles. The van der Waals surface area contributed by atoms with E-state index in [9.17, 15) is 14.9 Å². The molecule has 3 N–H and O–H groups in total. The second-order valence-electron chi connectivity index (χ2n) is 7.54. The number of rotatable bonds is 8. The normalized spacial score (nSPS) is 12.9. The van der Waals surface area contributed by atoms with Gasteiger partial charge in [0.2, 0.25) is 11.8 Å². The average molecular weight is 412 g/mol. The number of carbonyl (C=O) groups excluding carboxylic acids is 2. The number of benzene rings is 3. The summed E-state index contributed by atoms with van der Waals surface area (Å²) < 4.78 is 0. The fraction of sp³-hybridized carbons (Fsp3) is 0.192. The van der Waals surface area contributed by atoms with Gasteiger partial charge in [-0.15, -0.1) is 0 Å². The van der Waals surface area contributed by atoms with Crippen LogP contribution in [0.2, 0.25) is 0 Å². The molecule has 0 unspecified atom stereocenters. The summed E-state index contributed by atoms with van der Waals surface area (Å²) in [4.78, 5) is 26.2. The van der Waals surface area contributed by atoms with Crippen LogP contribution in [-0.2, 0) is 15.0 Å². The summed E-state index contributed by atoms with van der Waals surface area (Å²) in [6, 6.07) is 29.5. The zero-order valence-corrected chi connectivity index (χ0v) is 17.4. The van der Waals surface area contributed by atoms with Crippen molar-refractivity contribution in [3.63, 3.8) is 0 Å². The number of hydrogen-bond donors (Lipinski definition) is 2. The number of primary amides is 1. The van der Waals surface area contributed by atoms with Gasteiger partial charge in [-0.25, -0.2) is 0 Å². The second kappa shape index (κ2) is 9.73. The predicted molar refractivity (Wildman–Crippen MR) is 120 cm³/mol. The van der Waals surface area contributed by atoms with Crippen LogP contribution in [0, 0.1) is 17.2 Å². The van der Waals surface area contributed by atoms with Gasteiger partial charge < -0.3 is 11.1 Å². The first kappa shape index (κ1) is 21.8. The van der Waals surface area contributed by atoms with E-state index >= 15 is 0 Å². The highest BCUT2D eigenvalue weighted by atomic mass is 16.2. The standard InChI is InChI=1S/C26H25N3O2/c1-19(18-27)17-23(24(28)30)29-25(31)26(20-11-5-2-6-12-20,21-13-7-3-8-14-21)22-15-9-4-10-16-22/h2-16,19,23H,17H2,1H3,(H2,28,30)(H,29,31)/t19-,23-/m1/s1. The van der Waals surface area contributed by atoms with Crippen LogP contribution in [0.1, 0.15) is 30.0 Å². The van der Waals surface area contributed by atoms with Gasteiger partial charge in [-0.2, -0.15) is 5.26 Å². The predicted octanol–water partition coefficient (Wildman–Crippen LogP) is 3.54. The van der Waals surface area contributed by atoms with Crippen molar-refractivity contribution in [3.8, 4) is 6.07 Å². The van der Waals surface area contributed by atoms with E-state index in [1.165, 1.54) is 0 Å². The summed E-state index contributed by atoms with van der Waals surface area (Å²) >= 11 is 0. The molecule has 0 aliphatic heterocycles. The van der Waals surface area contributed by atoms with Gasteiger partial charge in [-0.3, -0.25) is 9.59 Å². The van der Waals surface area contributed by atoms with Crippen molar-refractivity contribution < 1.29 is 9.59 Å². The van der Waals surface area contributed by atoms with Gasteiger partial charge in [0.15, 0.2) is 0 Å². The maximum Gasteiger partial charge on any atom is 0.240 e. The number of carbonyl (C=O) groups is 2. The summed E-state index contributed by atoms with van der Waals surface area (Å²) in [5.74, 6) is -1.47. The molecular weight excluding hydrogens is 386 g/mol. The molecule has 2 atom stereocenters. The lowest BCUT2D eigenvalue weighted by molar-refractivity contribution is -0.129. The molecule has 0 aliphatic carbocycles. The van der Waals surface area contributed by atoms with Crippen LogP contribution in [0.25, 0.3) is 0 Å². The van der Waals surface area contributed by atoms with Gasteiger partial charge in [0, 0.05) is 5.92 Å². The Hall–Kier alpha value is -3.91. The van der Waals surface area contributed by atoms with Crippen molar-refractivity contribution >= 4 is 11.8 Å². The number of nitrogens with two attached hydrogens (primary N) is 1. The van der Waals surface area contributed by atoms with Gasteiger partial charge in [0.05, 0.1) is 6.07 Å². The molecule has 0 aliphatic rings. The SMILES string of the molecule is C[C@@H](C#N)C[C@@H](NC(=O)C(c1ccccc1)(c1ccccc1)c1ccccc1)C(N)=O. The van der Waals surface area contributed by atoms with E-state index in [2.05, 4.69) is 11.4 Å². The molecule has 156 valence electrons. The lowest BCUT2D eigenvalue weighted by Gasteiger charge is -2.35. The van der Waals surface area contributed by atoms with Gasteiger partial charge in [-0.05, 0) is 30.0 Å². The molecule has 0 fully saturated rings. The average Bonchev–Trinajstić information content (AvgIpc) is 2.81. The Kier molecular flexibility index (Phi) is 6.84. The Balaban J connectivity index is 2.21. The quantitative estimate of drug-likeness (QED) is 0.555. The molecule has 0 heterocycles. The van der Waals surface area contributed by atoms with Crippen LogP contribution in [0.4, 0.5) is 0 Å². The van der Waals surface area contributed by atoms with E-state index in [4.69, 9.17) is 5.73 Å². The Morgan fingerprint density at radius 2 is 1.26 bits per heavy atom. The molecule has 0 saturated carbocycles. The molecule has 5 nitrogen and oxygen atoms in total. The van der Waals surface area contributed by atoms with Crippen molar-refractivity contribution in [2.24, 2.45) is 11.7 Å². The summed E-state index contributed by atoms with van der Waals surface area (Å²) in [6.07, 6.45) is 0.145. The minimum absolute atomic E-state index is 0.145. The van der Waals surface area contributed by atoms with Crippen molar-refractivity contribution in [2.45, 2.75) is 24.8 Å². The highest BCUT2D eigenvalue weighted by Crippen LogP contribution is 2.39. The molecule has 3 rings (SSSR count). The molecule has 31 heavy (non-hydrogen) atoms. The van der Waals surface area contributed by atoms with Crippen LogP contribution >= 0.6 is 0 Å². The molecular formula is C26H25N3O2. The molecule has 5 heteroatoms. The van der Waals surface area contributed by atoms with Crippen molar-refractivity contribution in [2.75, 3.05) is 0 Å². The Morgan fingerprint density at radius 1 is 0.871 bits per heavy atom. The molecule has 2 amide bonds. The number of amides is 2. The fourth-order valence-corrected chi connectivity index (χ4v) is 3.88. The van der Waals surface area contributed by atoms with Gasteiger partial charge in [0.1, 0.15) is 11.5 Å². The van der Waals surface area contributed by atoms with E-state index in [1.54, 1.807) is 6.92 Å². The third-order valence-electron chi connectivity index (χ3n) is 5.42. The molecule has 3 aromatic rings. The summed E-state index contributed by atoms with van der Waals surface area (Å²) in [6.45, 7) is 1.70. The van der Waals surface area contributed by atoms with E-state index in [-0.39, 0.29) is 12.3 Å². The highest BCUT2D eigenvalue weighted by Gasteiger charge is 2.44. The summed E-state index contributed by atoms with van der Waals surface area (Å²) in [7, 11) is 0. The first-order valence-corrected chi connectivity index (χ1v) is 10.2. The van der Waals surface area contributed by atoms with Crippen LogP contribution in [0.5, 0.6) is 0 Å². The van der Waals surface area contributed by atoms with Crippen molar-refractivity contribution in [1.29, 1.82) is 5.26 Å². The summed E-state index contributed by atoms with van der Waals surface area (Å²) in [5.41, 5.74) is 6.68. The van der Waals surface area contributed by atoms with Crippen molar-refractivity contribution in [1.82, 2.24) is 5.32 Å². The number of nitrogens with one attached hydrogen (secondary N) is 1. The number of nitrogens with zero attached hydrogens (tertiary/aromatic N) is 1. The van der Waals surface area contributed by atoms with E-state index in [0.29, 0.717) is 0 Å². The molecule has 0 radical (unpaired) electrons. The minimum Gasteiger partial charge on any atom is -0.368 e. The van der Waals surface area contributed by atoms with Gasteiger partial charge in [0.25, 0.3) is 0 Å². The zero-order valence-electron chi connectivity index (χ0n) is 17.4. The second-order valence-corrected chi connectivity index (χ2v) is 7.54. The topological polar surface area (TPSA) is 96.0 Å². The lowest BCUT2D eigenvalue weighted by Crippen LogP contribution is -2.53. The molecule has 0 spiro atoms. The number of nitriles is 1. The highest BCUT2D eigenvalue weighted by molar-refractivity contribution is 5.98. The maximum absolute atomic E-state index is 14.0. The van der Waals surface area contributed by atoms with E-state index in [1.807, 2.05) is 91.0 Å². The molecule has 0 saturated heterocycles. The smallest absolute Gasteiger partial charge is 0.240 e. The monoisotopic (exact) mass is 411 g/mol. The zero-order chi connectivity index (χ0) is 22.3. The molecule has 0 bridgehead atoms. The largest absolute Gasteiger partial charge is 0.368 e. The Labute approximate surface area is 182 Å². The third-order valence-corrected chi connectivity index (χ3v) is 5.42. The fourth-order valence-electron chi connectivity index (χ4n) is 3.88. The number of hydrogen-bond acceptors (Lipinski definition) is 3. The molecule has 3 aromatic carbocycles. The van der Waals surface area contributed by atoms with Gasteiger partial charge in [-0.1, -0.05) is 91.0 Å². The Bertz CT molecular complexity index is 963. The minimum atomic E-state index is -1.20. The first-order valence-electron chi connectivity index (χ1n) is 10.2. The first-order chi connectivity index (χ1) is 15.0. The van der Waals surface area contributed by atoms with Crippen molar-refractivity contribution in [3.05, 3.63) is 108 Å². The maximum atomic E-state index is 14.0.